The van der Waals surface area contributed by atoms with Crippen molar-refractivity contribution in [3.63, 3.8) is 0 Å². The number of nitrogens with one attached hydrogen (secondary N) is 1. The van der Waals surface area contributed by atoms with E-state index in [-0.39, 0.29) is 0 Å². The molecule has 0 aliphatic carbocycles. The highest BCUT2D eigenvalue weighted by molar-refractivity contribution is 5.80. The summed E-state index contributed by atoms with van der Waals surface area (Å²) in [6.07, 6.45) is 4.66. The summed E-state index contributed by atoms with van der Waals surface area (Å²) >= 11 is 0. The normalized spacial score (nSPS) is 13.0. The topological polar surface area (TPSA) is 23.9 Å². The molecule has 0 aromatic rings. The zero-order valence-corrected chi connectivity index (χ0v) is 5.89. The Morgan fingerprint density at radius 1 is 1.60 bits per heavy atom. The number of hydrogen-bond donors (Lipinski definition) is 1. The largest absolute Gasteiger partial charge is 0.308 e. The average molecular weight is 139 g/mol. The van der Waals surface area contributed by atoms with Crippen molar-refractivity contribution in [2.75, 3.05) is 0 Å². The van der Waals surface area contributed by atoms with E-state index >= 15 is 0 Å². The average Bonchev–Trinajstić information content (AvgIpc) is 1.99. The molecule has 0 saturated carbocycles. The maximum Gasteiger partial charge on any atom is 0.0896 e. The number of halogens is 1. The van der Waals surface area contributed by atoms with Crippen molar-refractivity contribution in [3.05, 3.63) is 36.2 Å². The van der Waals surface area contributed by atoms with Gasteiger partial charge >= 0.3 is 0 Å². The molecule has 0 unspecified atom stereocenters. The van der Waals surface area contributed by atoms with Crippen LogP contribution in [0.4, 0.5) is 4.39 Å². The molecule has 0 aliphatic heterocycles. The first-order chi connectivity index (χ1) is 4.74. The molecule has 54 valence electrons. The van der Waals surface area contributed by atoms with Crippen molar-refractivity contribution in [2.24, 2.45) is 0 Å². The lowest BCUT2D eigenvalue weighted by Gasteiger charge is -1.89. The molecule has 0 aromatic heterocycles. The van der Waals surface area contributed by atoms with Crippen molar-refractivity contribution < 1.29 is 4.39 Å². The SMILES string of the molecule is C=C/C(C=N)=C/C(C)=C\F. The van der Waals surface area contributed by atoms with Gasteiger partial charge in [-0.25, -0.2) is 4.39 Å². The minimum absolute atomic E-state index is 0.485. The van der Waals surface area contributed by atoms with Gasteiger partial charge in [-0.05, 0) is 24.1 Å². The van der Waals surface area contributed by atoms with E-state index in [4.69, 9.17) is 5.41 Å². The molecule has 0 aromatic carbocycles. The lowest BCUT2D eigenvalue weighted by Crippen LogP contribution is -1.77. The highest BCUT2D eigenvalue weighted by Crippen LogP contribution is 2.00. The monoisotopic (exact) mass is 139 g/mol. The van der Waals surface area contributed by atoms with Gasteiger partial charge < -0.3 is 5.41 Å². The Morgan fingerprint density at radius 3 is 2.50 bits per heavy atom. The third-order valence-electron chi connectivity index (χ3n) is 0.969. The number of allylic oxidation sites excluding steroid dienone is 4. The van der Waals surface area contributed by atoms with Gasteiger partial charge in [-0.2, -0.15) is 0 Å². The summed E-state index contributed by atoms with van der Waals surface area (Å²) in [6, 6.07) is 0. The van der Waals surface area contributed by atoms with Gasteiger partial charge in [0.1, 0.15) is 0 Å². The molecule has 10 heavy (non-hydrogen) atoms. The Balaban J connectivity index is 4.39. The van der Waals surface area contributed by atoms with E-state index in [9.17, 15) is 4.39 Å². The molecule has 0 amide bonds. The van der Waals surface area contributed by atoms with Gasteiger partial charge in [0.05, 0.1) is 6.33 Å². The Labute approximate surface area is 60.1 Å². The summed E-state index contributed by atoms with van der Waals surface area (Å²) in [6.45, 7) is 5.07. The van der Waals surface area contributed by atoms with E-state index in [1.165, 1.54) is 6.08 Å². The molecule has 0 bridgehead atoms. The molecule has 1 N–H and O–H groups in total. The molecule has 0 aliphatic rings. The Kier molecular flexibility index (Phi) is 4.12. The van der Waals surface area contributed by atoms with E-state index < -0.39 is 0 Å². The molecular formula is C8H10FN. The van der Waals surface area contributed by atoms with Crippen LogP contribution in [0.2, 0.25) is 0 Å². The summed E-state index contributed by atoms with van der Waals surface area (Å²) in [5.41, 5.74) is 1.09. The van der Waals surface area contributed by atoms with Crippen molar-refractivity contribution in [1.29, 1.82) is 5.41 Å². The van der Waals surface area contributed by atoms with Crippen LogP contribution in [-0.4, -0.2) is 6.21 Å². The molecule has 2 heteroatoms. The lowest BCUT2D eigenvalue weighted by atomic mass is 10.2. The van der Waals surface area contributed by atoms with Crippen molar-refractivity contribution >= 4 is 6.21 Å². The molecule has 1 nitrogen and oxygen atoms in total. The van der Waals surface area contributed by atoms with Crippen molar-refractivity contribution in [3.8, 4) is 0 Å². The minimum Gasteiger partial charge on any atom is -0.308 e. The molecule has 0 heterocycles. The lowest BCUT2D eigenvalue weighted by molar-refractivity contribution is 0.713. The maximum atomic E-state index is 11.7. The van der Waals surface area contributed by atoms with Crippen LogP contribution in [-0.2, 0) is 0 Å². The fourth-order valence-electron chi connectivity index (χ4n) is 0.454. The first-order valence-corrected chi connectivity index (χ1v) is 2.86. The van der Waals surface area contributed by atoms with E-state index in [0.29, 0.717) is 17.5 Å². The van der Waals surface area contributed by atoms with Gasteiger partial charge in [-0.1, -0.05) is 12.7 Å². The van der Waals surface area contributed by atoms with Gasteiger partial charge in [-0.15, -0.1) is 0 Å². The predicted octanol–water partition coefficient (Wildman–Crippen LogP) is 2.62. The third-order valence-corrected chi connectivity index (χ3v) is 0.969. The van der Waals surface area contributed by atoms with Gasteiger partial charge in [0, 0.05) is 6.21 Å². The summed E-state index contributed by atoms with van der Waals surface area (Å²) in [5.74, 6) is 0. The van der Waals surface area contributed by atoms with Crippen LogP contribution in [0.3, 0.4) is 0 Å². The fourth-order valence-corrected chi connectivity index (χ4v) is 0.454. The van der Waals surface area contributed by atoms with Crippen LogP contribution in [0.25, 0.3) is 0 Å². The quantitative estimate of drug-likeness (QED) is 0.459. The molecule has 0 radical (unpaired) electrons. The van der Waals surface area contributed by atoms with E-state index in [1.807, 2.05) is 0 Å². The highest BCUT2D eigenvalue weighted by Gasteiger charge is 1.85. The summed E-state index contributed by atoms with van der Waals surface area (Å²) in [7, 11) is 0. The summed E-state index contributed by atoms with van der Waals surface area (Å²) in [4.78, 5) is 0. The zero-order chi connectivity index (χ0) is 7.98. The van der Waals surface area contributed by atoms with E-state index in [1.54, 1.807) is 13.0 Å². The standard InChI is InChI=1S/C8H10FN/c1-3-8(6-10)4-7(2)5-9/h3-6,10H,1H2,2H3/b7-5-,8-4-,10-6?. The molecule has 0 spiro atoms. The molecule has 0 atom stereocenters. The Bertz CT molecular complexity index is 179. The second-order valence-electron chi connectivity index (χ2n) is 1.85. The molecule has 0 fully saturated rings. The van der Waals surface area contributed by atoms with Gasteiger partial charge in [0.25, 0.3) is 0 Å². The smallest absolute Gasteiger partial charge is 0.0896 e. The van der Waals surface area contributed by atoms with Crippen LogP contribution < -0.4 is 0 Å². The highest BCUT2D eigenvalue weighted by atomic mass is 19.1. The Hall–Kier alpha value is -1.18. The van der Waals surface area contributed by atoms with Gasteiger partial charge in [0.2, 0.25) is 0 Å². The van der Waals surface area contributed by atoms with Crippen LogP contribution >= 0.6 is 0 Å². The van der Waals surface area contributed by atoms with Crippen LogP contribution in [0.15, 0.2) is 36.2 Å². The third kappa shape index (κ3) is 2.97. The number of hydrogen-bond acceptors (Lipinski definition) is 1. The predicted molar refractivity (Wildman–Crippen MR) is 41.9 cm³/mol. The van der Waals surface area contributed by atoms with Crippen LogP contribution in [0.5, 0.6) is 0 Å². The second kappa shape index (κ2) is 4.68. The Morgan fingerprint density at radius 2 is 2.20 bits per heavy atom. The van der Waals surface area contributed by atoms with Crippen LogP contribution in [0, 0.1) is 5.41 Å². The first-order valence-electron chi connectivity index (χ1n) is 2.86. The molecule has 0 saturated heterocycles. The molecular weight excluding hydrogens is 129 g/mol. The summed E-state index contributed by atoms with van der Waals surface area (Å²) < 4.78 is 11.7. The maximum absolute atomic E-state index is 11.7. The second-order valence-corrected chi connectivity index (χ2v) is 1.85. The molecule has 0 rings (SSSR count). The van der Waals surface area contributed by atoms with Crippen molar-refractivity contribution in [2.45, 2.75) is 6.92 Å². The van der Waals surface area contributed by atoms with Crippen LogP contribution in [0.1, 0.15) is 6.92 Å². The van der Waals surface area contributed by atoms with Crippen molar-refractivity contribution in [1.82, 2.24) is 0 Å². The zero-order valence-electron chi connectivity index (χ0n) is 5.89. The van der Waals surface area contributed by atoms with Gasteiger partial charge in [-0.3, -0.25) is 0 Å². The fraction of sp³-hybridized carbons (Fsp3) is 0.125. The summed E-state index contributed by atoms with van der Waals surface area (Å²) in [5, 5.41) is 6.81. The van der Waals surface area contributed by atoms with E-state index in [0.717, 1.165) is 6.21 Å². The van der Waals surface area contributed by atoms with Gasteiger partial charge in [0.15, 0.2) is 0 Å². The minimum atomic E-state index is 0.485. The number of rotatable bonds is 3. The first kappa shape index (κ1) is 8.82. The van der Waals surface area contributed by atoms with E-state index in [2.05, 4.69) is 6.58 Å².